The predicted molar refractivity (Wildman–Crippen MR) is 71.9 cm³/mol. The maximum atomic E-state index is 12.0. The van der Waals surface area contributed by atoms with Crippen LogP contribution in [0.4, 0.5) is 0 Å². The molecule has 1 heterocycles. The van der Waals surface area contributed by atoms with Crippen LogP contribution in [0.5, 0.6) is 0 Å². The number of carboxylic acids is 2. The molecule has 0 spiro atoms. The first-order valence-electron chi connectivity index (χ1n) is 6.16. The number of benzene rings is 1. The summed E-state index contributed by atoms with van der Waals surface area (Å²) in [5.74, 6) is -2.97. The van der Waals surface area contributed by atoms with Gasteiger partial charge in [-0.3, -0.25) is 14.7 Å². The maximum absolute atomic E-state index is 12.0. The number of carbonyl (C=O) groups excluding carboxylic acids is 1. The van der Waals surface area contributed by atoms with Crippen molar-refractivity contribution in [3.8, 4) is 0 Å². The summed E-state index contributed by atoms with van der Waals surface area (Å²) in [6.07, 6.45) is 1.09. The van der Waals surface area contributed by atoms with Crippen LogP contribution in [0.2, 0.25) is 0 Å². The second kappa shape index (κ2) is 6.04. The number of hydrogen-bond acceptors (Lipinski definition) is 4. The van der Waals surface area contributed by atoms with E-state index in [2.05, 4.69) is 15.5 Å². The van der Waals surface area contributed by atoms with Gasteiger partial charge in [0.25, 0.3) is 5.91 Å². The summed E-state index contributed by atoms with van der Waals surface area (Å²) in [5, 5.41) is 27.2. The third-order valence-electron chi connectivity index (χ3n) is 2.95. The van der Waals surface area contributed by atoms with E-state index in [1.165, 1.54) is 0 Å². The van der Waals surface area contributed by atoms with Crippen LogP contribution in [0, 0.1) is 0 Å². The minimum atomic E-state index is -1.27. The Balaban J connectivity index is 2.10. The van der Waals surface area contributed by atoms with Crippen LogP contribution in [0.15, 0.2) is 24.4 Å². The fraction of sp³-hybridized carbons (Fsp3) is 0.231. The van der Waals surface area contributed by atoms with Crippen LogP contribution in [-0.4, -0.2) is 44.3 Å². The molecule has 0 aliphatic carbocycles. The lowest BCUT2D eigenvalue weighted by Crippen LogP contribution is -2.41. The number of aliphatic carboxylic acids is 2. The molecule has 8 nitrogen and oxygen atoms in total. The number of carboxylic acid groups (broad SMARTS) is 2. The van der Waals surface area contributed by atoms with Crippen LogP contribution in [0.25, 0.3) is 10.9 Å². The number of nitrogens with zero attached hydrogens (tertiary/aromatic N) is 1. The minimum Gasteiger partial charge on any atom is -0.481 e. The highest BCUT2D eigenvalue weighted by atomic mass is 16.4. The molecule has 2 aromatic rings. The SMILES string of the molecule is O=C(O)CCC(NC(=O)c1ccc2cn[nH]c2c1)C(=O)O. The zero-order valence-electron chi connectivity index (χ0n) is 10.9. The number of hydrogen-bond donors (Lipinski definition) is 4. The van der Waals surface area contributed by atoms with Gasteiger partial charge in [0.2, 0.25) is 0 Å². The number of rotatable bonds is 6. The molecule has 2 rings (SSSR count). The number of aromatic amines is 1. The van der Waals surface area contributed by atoms with Gasteiger partial charge in [0.15, 0.2) is 0 Å². The van der Waals surface area contributed by atoms with Gasteiger partial charge < -0.3 is 15.5 Å². The Morgan fingerprint density at radius 3 is 2.71 bits per heavy atom. The molecular formula is C13H13N3O5. The second-order valence-electron chi connectivity index (χ2n) is 4.47. The van der Waals surface area contributed by atoms with Crippen molar-refractivity contribution in [3.63, 3.8) is 0 Å². The van der Waals surface area contributed by atoms with Crippen molar-refractivity contribution in [1.82, 2.24) is 15.5 Å². The zero-order valence-corrected chi connectivity index (χ0v) is 10.9. The Morgan fingerprint density at radius 1 is 1.29 bits per heavy atom. The van der Waals surface area contributed by atoms with E-state index in [0.29, 0.717) is 5.52 Å². The Labute approximate surface area is 118 Å². The molecular weight excluding hydrogens is 278 g/mol. The molecule has 0 bridgehead atoms. The summed E-state index contributed by atoms with van der Waals surface area (Å²) in [5.41, 5.74) is 0.924. The van der Waals surface area contributed by atoms with Gasteiger partial charge in [-0.1, -0.05) is 6.07 Å². The van der Waals surface area contributed by atoms with Crippen molar-refractivity contribution in [2.24, 2.45) is 0 Å². The number of fused-ring (bicyclic) bond motifs is 1. The fourth-order valence-corrected chi connectivity index (χ4v) is 1.85. The summed E-state index contributed by atoms with van der Waals surface area (Å²) in [6, 6.07) is 3.53. The number of amides is 1. The molecule has 4 N–H and O–H groups in total. The largest absolute Gasteiger partial charge is 0.481 e. The lowest BCUT2D eigenvalue weighted by Gasteiger charge is -2.13. The van der Waals surface area contributed by atoms with Crippen molar-refractivity contribution < 1.29 is 24.6 Å². The summed E-state index contributed by atoms with van der Waals surface area (Å²) in [6.45, 7) is 0. The Bertz CT molecular complexity index is 694. The number of nitrogens with one attached hydrogen (secondary N) is 2. The highest BCUT2D eigenvalue weighted by Gasteiger charge is 2.21. The van der Waals surface area contributed by atoms with Crippen molar-refractivity contribution in [3.05, 3.63) is 30.0 Å². The van der Waals surface area contributed by atoms with Crippen molar-refractivity contribution in [1.29, 1.82) is 0 Å². The third-order valence-corrected chi connectivity index (χ3v) is 2.95. The molecule has 0 radical (unpaired) electrons. The van der Waals surface area contributed by atoms with Crippen molar-refractivity contribution >= 4 is 28.7 Å². The first-order valence-corrected chi connectivity index (χ1v) is 6.16. The molecule has 0 saturated heterocycles. The van der Waals surface area contributed by atoms with E-state index in [1.54, 1.807) is 24.4 Å². The van der Waals surface area contributed by atoms with Crippen molar-refractivity contribution in [2.75, 3.05) is 0 Å². The second-order valence-corrected chi connectivity index (χ2v) is 4.47. The van der Waals surface area contributed by atoms with Gasteiger partial charge in [-0.2, -0.15) is 5.10 Å². The average molecular weight is 291 g/mol. The smallest absolute Gasteiger partial charge is 0.326 e. The highest BCUT2D eigenvalue weighted by Crippen LogP contribution is 2.13. The molecule has 1 amide bonds. The molecule has 0 fully saturated rings. The Hall–Kier alpha value is -2.90. The van der Waals surface area contributed by atoms with Gasteiger partial charge in [0, 0.05) is 17.4 Å². The van der Waals surface area contributed by atoms with E-state index in [4.69, 9.17) is 10.2 Å². The molecule has 0 aliphatic heterocycles. The monoisotopic (exact) mass is 291 g/mol. The summed E-state index contributed by atoms with van der Waals surface area (Å²) < 4.78 is 0. The van der Waals surface area contributed by atoms with Crippen LogP contribution in [-0.2, 0) is 9.59 Å². The number of H-pyrrole nitrogens is 1. The summed E-state index contributed by atoms with van der Waals surface area (Å²) >= 11 is 0. The summed E-state index contributed by atoms with van der Waals surface area (Å²) in [4.78, 5) is 33.5. The molecule has 0 aliphatic rings. The topological polar surface area (TPSA) is 132 Å². The minimum absolute atomic E-state index is 0.178. The zero-order chi connectivity index (χ0) is 15.4. The first kappa shape index (κ1) is 14.5. The molecule has 1 aromatic heterocycles. The molecule has 1 aromatic carbocycles. The van der Waals surface area contributed by atoms with Crippen LogP contribution < -0.4 is 5.32 Å². The van der Waals surface area contributed by atoms with Gasteiger partial charge in [-0.05, 0) is 18.6 Å². The highest BCUT2D eigenvalue weighted by molar-refractivity contribution is 5.99. The van der Waals surface area contributed by atoms with Gasteiger partial charge >= 0.3 is 11.9 Å². The number of carbonyl (C=O) groups is 3. The van der Waals surface area contributed by atoms with E-state index in [0.717, 1.165) is 5.39 Å². The number of aromatic nitrogens is 2. The van der Waals surface area contributed by atoms with Crippen LogP contribution in [0.3, 0.4) is 0 Å². The van der Waals surface area contributed by atoms with Gasteiger partial charge in [-0.25, -0.2) is 4.79 Å². The average Bonchev–Trinajstić information content (AvgIpc) is 2.89. The third kappa shape index (κ3) is 3.56. The Morgan fingerprint density at radius 2 is 2.05 bits per heavy atom. The van der Waals surface area contributed by atoms with Gasteiger partial charge in [0.1, 0.15) is 6.04 Å². The van der Waals surface area contributed by atoms with Gasteiger partial charge in [0.05, 0.1) is 11.7 Å². The van der Waals surface area contributed by atoms with Gasteiger partial charge in [-0.15, -0.1) is 0 Å². The van der Waals surface area contributed by atoms with E-state index < -0.39 is 23.9 Å². The van der Waals surface area contributed by atoms with E-state index in [1.807, 2.05) is 0 Å². The molecule has 8 heteroatoms. The lowest BCUT2D eigenvalue weighted by atomic mass is 10.1. The summed E-state index contributed by atoms with van der Waals surface area (Å²) in [7, 11) is 0. The normalized spacial score (nSPS) is 12.0. The molecule has 1 unspecified atom stereocenters. The van der Waals surface area contributed by atoms with E-state index in [-0.39, 0.29) is 18.4 Å². The van der Waals surface area contributed by atoms with Crippen molar-refractivity contribution in [2.45, 2.75) is 18.9 Å². The molecule has 1 atom stereocenters. The first-order chi connectivity index (χ1) is 9.97. The lowest BCUT2D eigenvalue weighted by molar-refractivity contribution is -0.140. The standard InChI is InChI=1S/C13H13N3O5/c17-11(18)4-3-9(13(20)21)15-12(19)7-1-2-8-6-14-16-10(8)5-7/h1-2,5-6,9H,3-4H2,(H,14,16)(H,15,19)(H,17,18)(H,20,21). The predicted octanol–water partition coefficient (Wildman–Crippen LogP) is 0.611. The van der Waals surface area contributed by atoms with Crippen LogP contribution in [0.1, 0.15) is 23.2 Å². The van der Waals surface area contributed by atoms with E-state index in [9.17, 15) is 14.4 Å². The van der Waals surface area contributed by atoms with E-state index >= 15 is 0 Å². The Kier molecular flexibility index (Phi) is 4.17. The quantitative estimate of drug-likeness (QED) is 0.616. The van der Waals surface area contributed by atoms with Crippen LogP contribution >= 0.6 is 0 Å². The molecule has 21 heavy (non-hydrogen) atoms. The molecule has 0 saturated carbocycles. The molecule has 110 valence electrons. The maximum Gasteiger partial charge on any atom is 0.326 e. The fourth-order valence-electron chi connectivity index (χ4n) is 1.85.